The molecular weight excluding hydrogens is 1100 g/mol. The highest BCUT2D eigenvalue weighted by molar-refractivity contribution is 5.82. The predicted octanol–water partition coefficient (Wildman–Crippen LogP) is -5.58. The van der Waals surface area contributed by atoms with Gasteiger partial charge in [-0.25, -0.2) is 14.4 Å². The standard InChI is InChI=1S/C22H38N4O14.C14H22O12.C8H18N4O3/c1-22(33)17(29)14(28)21(39-15-12(27)11-13(34-2)38-16(15)20(31)32)40-18(22)19(30)24-3-5-35-7-9-37-10-8-36-6-4-25-26-23;1-14(22)9(17)6(16)13(26-10(14)12(20)21)25-7-4(15)3-5(23-2)24-8(7)11(18)19;9-1-3-13-5-7-15-8-6-14-4-2-11-12-10/h12-18,21,27-29,33H,3-11H2,1-2H3,(H,24,30)(H,31,32);4-10,13,15-17,22H,3H2,1-2H3,(H,18,19)(H,20,21);1-9H2. The summed E-state index contributed by atoms with van der Waals surface area (Å²) in [6, 6.07) is 0. The van der Waals surface area contributed by atoms with Crippen LogP contribution in [0.4, 0.5) is 0 Å². The van der Waals surface area contributed by atoms with E-state index in [2.05, 4.69) is 25.4 Å². The van der Waals surface area contributed by atoms with E-state index in [4.69, 9.17) is 88.2 Å². The van der Waals surface area contributed by atoms with Crippen molar-refractivity contribution < 1.29 is 142 Å². The van der Waals surface area contributed by atoms with Gasteiger partial charge in [-0.1, -0.05) is 10.2 Å². The lowest BCUT2D eigenvalue weighted by atomic mass is 9.85. The van der Waals surface area contributed by atoms with Crippen molar-refractivity contribution in [1.29, 1.82) is 0 Å². The summed E-state index contributed by atoms with van der Waals surface area (Å²) in [6.07, 6.45) is -26.8. The van der Waals surface area contributed by atoms with Gasteiger partial charge in [0.25, 0.3) is 5.91 Å². The molecule has 0 radical (unpaired) electrons. The number of aliphatic carboxylic acids is 3. The molecule has 1 amide bonds. The number of carboxylic acid groups (broad SMARTS) is 3. The molecule has 0 aromatic heterocycles. The first-order valence-corrected chi connectivity index (χ1v) is 25.1. The third-order valence-electron chi connectivity index (χ3n) is 12.0. The Hall–Kier alpha value is -4.42. The number of nitrogens with two attached hydrogens (primary N) is 1. The van der Waals surface area contributed by atoms with Crippen molar-refractivity contribution in [2.45, 2.75) is 136 Å². The second-order valence-corrected chi connectivity index (χ2v) is 18.0. The van der Waals surface area contributed by atoms with Crippen LogP contribution in [0.25, 0.3) is 20.9 Å². The summed E-state index contributed by atoms with van der Waals surface area (Å²) in [5.41, 5.74) is 16.8. The third kappa shape index (κ3) is 24.0. The van der Waals surface area contributed by atoms with E-state index in [0.29, 0.717) is 72.6 Å². The Morgan fingerprint density at radius 1 is 0.568 bits per heavy atom. The van der Waals surface area contributed by atoms with Gasteiger partial charge in [-0.15, -0.1) is 0 Å². The number of amides is 1. The van der Waals surface area contributed by atoms with Gasteiger partial charge in [0.2, 0.25) is 0 Å². The number of hydrogen-bond acceptors (Lipinski definition) is 29. The summed E-state index contributed by atoms with van der Waals surface area (Å²) >= 11 is 0. The van der Waals surface area contributed by atoms with E-state index in [-0.39, 0.29) is 45.8 Å². The van der Waals surface area contributed by atoms with Gasteiger partial charge >= 0.3 is 17.9 Å². The summed E-state index contributed by atoms with van der Waals surface area (Å²) in [4.78, 5) is 52.3. The van der Waals surface area contributed by atoms with E-state index >= 15 is 0 Å². The molecule has 14 N–H and O–H groups in total. The summed E-state index contributed by atoms with van der Waals surface area (Å²) < 4.78 is 72.6. The van der Waals surface area contributed by atoms with E-state index in [0.717, 1.165) is 13.8 Å². The van der Waals surface area contributed by atoms with Crippen LogP contribution in [-0.4, -0.2) is 309 Å². The molecule has 37 nitrogen and oxygen atoms in total. The number of hydrogen-bond donors (Lipinski definition) is 13. The molecule has 0 spiro atoms. The fraction of sp³-hybridized carbons (Fsp3) is 0.909. The molecule has 0 aromatic rings. The number of azide groups is 2. The molecule has 18 unspecified atom stereocenters. The molecule has 0 aliphatic carbocycles. The highest BCUT2D eigenvalue weighted by atomic mass is 16.8. The number of nitrogens with one attached hydrogen (secondary N) is 1. The quantitative estimate of drug-likeness (QED) is 0.0126. The van der Waals surface area contributed by atoms with Crippen molar-refractivity contribution in [2.24, 2.45) is 16.0 Å². The number of carbonyl (C=O) groups is 4. The average molecular weight is 1180 g/mol. The van der Waals surface area contributed by atoms with Gasteiger partial charge in [0.1, 0.15) is 47.8 Å². The highest BCUT2D eigenvalue weighted by Crippen LogP contribution is 2.35. The monoisotopic (exact) mass is 1180 g/mol. The van der Waals surface area contributed by atoms with E-state index in [1.54, 1.807) is 0 Å². The number of aliphatic hydroxyl groups is 8. The second-order valence-electron chi connectivity index (χ2n) is 18.0. The lowest BCUT2D eigenvalue weighted by Crippen LogP contribution is -2.69. The van der Waals surface area contributed by atoms with Crippen LogP contribution in [0, 0.1) is 0 Å². The number of carbonyl (C=O) groups excluding carboxylic acids is 1. The predicted molar refractivity (Wildman–Crippen MR) is 263 cm³/mol. The highest BCUT2D eigenvalue weighted by Gasteiger charge is 2.58. The smallest absolute Gasteiger partial charge is 0.336 e. The first-order valence-electron chi connectivity index (χ1n) is 25.1. The molecule has 0 bridgehead atoms. The second kappa shape index (κ2) is 38.4. The lowest BCUT2D eigenvalue weighted by Gasteiger charge is -2.47. The Morgan fingerprint density at radius 3 is 1.28 bits per heavy atom. The summed E-state index contributed by atoms with van der Waals surface area (Å²) in [6.45, 7) is 7.72. The zero-order valence-electron chi connectivity index (χ0n) is 45.0. The number of methoxy groups -OCH3 is 2. The minimum absolute atomic E-state index is 0.00383. The van der Waals surface area contributed by atoms with Crippen molar-refractivity contribution >= 4 is 23.8 Å². The fourth-order valence-electron chi connectivity index (χ4n) is 7.67. The molecule has 81 heavy (non-hydrogen) atoms. The van der Waals surface area contributed by atoms with Crippen molar-refractivity contribution in [3.63, 3.8) is 0 Å². The molecule has 18 atom stereocenters. The molecule has 4 fully saturated rings. The van der Waals surface area contributed by atoms with Crippen LogP contribution < -0.4 is 11.1 Å². The number of ether oxygens (including phenoxy) is 14. The van der Waals surface area contributed by atoms with E-state index in [9.17, 15) is 70.2 Å². The van der Waals surface area contributed by atoms with Crippen LogP contribution in [0.1, 0.15) is 26.7 Å². The van der Waals surface area contributed by atoms with Crippen LogP contribution in [0.3, 0.4) is 0 Å². The van der Waals surface area contributed by atoms with Gasteiger partial charge in [-0.2, -0.15) is 0 Å². The molecule has 0 aromatic carbocycles. The number of aliphatic hydroxyl groups excluding tert-OH is 6. The van der Waals surface area contributed by atoms with Crippen LogP contribution in [0.15, 0.2) is 10.2 Å². The van der Waals surface area contributed by atoms with Crippen molar-refractivity contribution in [3.05, 3.63) is 20.9 Å². The largest absolute Gasteiger partial charge is 0.479 e. The summed E-state index contributed by atoms with van der Waals surface area (Å²) in [7, 11) is 2.52. The minimum Gasteiger partial charge on any atom is -0.479 e. The summed E-state index contributed by atoms with van der Waals surface area (Å²) in [5, 5.41) is 119. The molecule has 4 saturated heterocycles. The Morgan fingerprint density at radius 2 is 0.926 bits per heavy atom. The molecule has 4 heterocycles. The van der Waals surface area contributed by atoms with Gasteiger partial charge < -0.3 is 134 Å². The lowest BCUT2D eigenvalue weighted by molar-refractivity contribution is -0.349. The van der Waals surface area contributed by atoms with E-state index in [1.807, 2.05) is 0 Å². The van der Waals surface area contributed by atoms with Gasteiger partial charge in [-0.05, 0) is 24.9 Å². The van der Waals surface area contributed by atoms with E-state index < -0.39 is 133 Å². The van der Waals surface area contributed by atoms with Gasteiger partial charge in [-0.3, -0.25) is 4.79 Å². The molecule has 37 heteroatoms. The average Bonchev–Trinajstić information content (AvgIpc) is 3.50. The van der Waals surface area contributed by atoms with Gasteiger partial charge in [0.05, 0.1) is 91.5 Å². The summed E-state index contributed by atoms with van der Waals surface area (Å²) in [5.74, 6) is -5.48. The maximum absolute atomic E-state index is 12.8. The SMILES string of the molecule is COC1CC(O)C(OC2OC(C(=O)NCCOCCOCCOCCN=[N+]=[N-])C(C)(O)C(O)C2O)C(C(=O)O)O1.COC1CC(O)C(OC2OC(C(=O)O)C(C)(O)C(O)C2O)C(C(=O)O)O1.[N-]=[N+]=NCCOCCOCCOCCN. The zero-order chi connectivity index (χ0) is 60.7. The molecule has 4 aliphatic heterocycles. The Bertz CT molecular complexity index is 1940. The van der Waals surface area contributed by atoms with Gasteiger partial charge in [0, 0.05) is 63.1 Å². The van der Waals surface area contributed by atoms with Crippen LogP contribution in [0.5, 0.6) is 0 Å². The molecule has 0 saturated carbocycles. The van der Waals surface area contributed by atoms with Crippen molar-refractivity contribution in [3.8, 4) is 0 Å². The minimum atomic E-state index is -2.33. The molecule has 4 rings (SSSR count). The Kier molecular flexibility index (Phi) is 34.5. The van der Waals surface area contributed by atoms with Crippen LogP contribution in [0.2, 0.25) is 0 Å². The Balaban J connectivity index is 0.000000465. The maximum Gasteiger partial charge on any atom is 0.336 e. The zero-order valence-corrected chi connectivity index (χ0v) is 45.0. The van der Waals surface area contributed by atoms with Crippen LogP contribution >= 0.6 is 0 Å². The van der Waals surface area contributed by atoms with Crippen LogP contribution in [-0.2, 0) is 85.5 Å². The van der Waals surface area contributed by atoms with E-state index in [1.165, 1.54) is 14.2 Å². The maximum atomic E-state index is 12.8. The number of rotatable bonds is 33. The first kappa shape index (κ1) is 72.7. The Labute approximate surface area is 463 Å². The number of carboxylic acids is 3. The van der Waals surface area contributed by atoms with Crippen molar-refractivity contribution in [2.75, 3.05) is 120 Å². The first-order chi connectivity index (χ1) is 38.5. The molecule has 4 aliphatic rings. The topological polar surface area (TPSA) is 556 Å². The third-order valence-corrected chi connectivity index (χ3v) is 12.0. The molecule has 468 valence electrons. The fourth-order valence-corrected chi connectivity index (χ4v) is 7.67. The molecular formula is C44H78N8O29. The number of nitrogens with zero attached hydrogens (tertiary/aromatic N) is 6. The normalized spacial score (nSPS) is 33.7. The van der Waals surface area contributed by atoms with Gasteiger partial charge in [0.15, 0.2) is 49.6 Å². The van der Waals surface area contributed by atoms with Crippen molar-refractivity contribution in [1.82, 2.24) is 5.32 Å².